The van der Waals surface area contributed by atoms with Crippen molar-refractivity contribution < 1.29 is 0 Å². The Kier molecular flexibility index (Phi) is 4.62. The Morgan fingerprint density at radius 2 is 1.96 bits per heavy atom. The van der Waals surface area contributed by atoms with Gasteiger partial charge in [0, 0.05) is 18.6 Å². The fourth-order valence-electron chi connectivity index (χ4n) is 2.42. The number of rotatable bonds is 4. The van der Waals surface area contributed by atoms with Crippen molar-refractivity contribution in [2.24, 2.45) is 0 Å². The molecular weight excluding hydrogens is 368 g/mol. The molecule has 0 fully saturated rings. The summed E-state index contributed by atoms with van der Waals surface area (Å²) in [5, 5.41) is 3.45. The summed E-state index contributed by atoms with van der Waals surface area (Å²) in [4.78, 5) is 19.8. The summed E-state index contributed by atoms with van der Waals surface area (Å²) in [6, 6.07) is 8.29. The van der Waals surface area contributed by atoms with Crippen molar-refractivity contribution in [1.82, 2.24) is 19.9 Å². The minimum absolute atomic E-state index is 0.0813. The molecule has 24 heavy (non-hydrogen) atoms. The van der Waals surface area contributed by atoms with E-state index in [4.69, 9.17) is 0 Å². The maximum atomic E-state index is 4.60. The summed E-state index contributed by atoms with van der Waals surface area (Å²) < 4.78 is 1.05. The fourth-order valence-corrected chi connectivity index (χ4v) is 2.83. The monoisotopic (exact) mass is 386 g/mol. The van der Waals surface area contributed by atoms with E-state index >= 15 is 0 Å². The standard InChI is InChI=1S/C17H19BrN6/c1-10(12-6-5-7-13(18)8-12)20-16-15-14(21-11(2)22-16)9-19-17(23-15)24(3)4/h5-10H,1-4H3,(H,20,21,22). The molecule has 1 N–H and O–H groups in total. The average molecular weight is 387 g/mol. The molecule has 3 aromatic rings. The van der Waals surface area contributed by atoms with Crippen LogP contribution in [0.3, 0.4) is 0 Å². The highest BCUT2D eigenvalue weighted by Gasteiger charge is 2.13. The molecule has 0 aliphatic heterocycles. The Morgan fingerprint density at radius 3 is 2.67 bits per heavy atom. The molecule has 0 aliphatic rings. The number of halogens is 1. The van der Waals surface area contributed by atoms with Crippen molar-refractivity contribution in [2.75, 3.05) is 24.3 Å². The molecule has 7 heteroatoms. The van der Waals surface area contributed by atoms with Gasteiger partial charge in [0.1, 0.15) is 16.9 Å². The van der Waals surface area contributed by atoms with Gasteiger partial charge in [-0.1, -0.05) is 28.1 Å². The van der Waals surface area contributed by atoms with Gasteiger partial charge in [-0.2, -0.15) is 0 Å². The lowest BCUT2D eigenvalue weighted by molar-refractivity contribution is 0.868. The van der Waals surface area contributed by atoms with Crippen LogP contribution in [0, 0.1) is 6.92 Å². The van der Waals surface area contributed by atoms with Crippen LogP contribution in [-0.2, 0) is 0 Å². The van der Waals surface area contributed by atoms with Gasteiger partial charge < -0.3 is 10.2 Å². The highest BCUT2D eigenvalue weighted by molar-refractivity contribution is 9.10. The van der Waals surface area contributed by atoms with Gasteiger partial charge >= 0.3 is 0 Å². The molecule has 0 aliphatic carbocycles. The van der Waals surface area contributed by atoms with Crippen LogP contribution in [0.1, 0.15) is 24.4 Å². The third-order valence-electron chi connectivity index (χ3n) is 3.64. The molecule has 1 atom stereocenters. The highest BCUT2D eigenvalue weighted by Crippen LogP contribution is 2.25. The number of aryl methyl sites for hydroxylation is 1. The minimum Gasteiger partial charge on any atom is -0.362 e. The molecule has 3 rings (SSSR count). The molecule has 0 bridgehead atoms. The summed E-state index contributed by atoms with van der Waals surface area (Å²) in [6.45, 7) is 3.97. The van der Waals surface area contributed by atoms with Gasteiger partial charge in [0.25, 0.3) is 0 Å². The van der Waals surface area contributed by atoms with Crippen LogP contribution in [0.4, 0.5) is 11.8 Å². The van der Waals surface area contributed by atoms with Crippen LogP contribution < -0.4 is 10.2 Å². The third-order valence-corrected chi connectivity index (χ3v) is 4.13. The molecule has 124 valence electrons. The number of fused-ring (bicyclic) bond motifs is 1. The number of hydrogen-bond donors (Lipinski definition) is 1. The first-order valence-electron chi connectivity index (χ1n) is 7.65. The number of anilines is 2. The molecule has 0 radical (unpaired) electrons. The second-order valence-corrected chi connectivity index (χ2v) is 6.75. The smallest absolute Gasteiger partial charge is 0.225 e. The summed E-state index contributed by atoms with van der Waals surface area (Å²) in [6.07, 6.45) is 1.74. The third kappa shape index (κ3) is 3.46. The van der Waals surface area contributed by atoms with Crippen molar-refractivity contribution in [3.8, 4) is 0 Å². The SMILES string of the molecule is Cc1nc(NC(C)c2cccc(Br)c2)c2nc(N(C)C)ncc2n1. The van der Waals surface area contributed by atoms with Crippen LogP contribution in [-0.4, -0.2) is 34.0 Å². The molecule has 2 heterocycles. The molecular formula is C17H19BrN6. The zero-order valence-corrected chi connectivity index (χ0v) is 15.7. The zero-order valence-electron chi connectivity index (χ0n) is 14.1. The molecule has 2 aromatic heterocycles. The van der Waals surface area contributed by atoms with E-state index in [1.807, 2.05) is 38.1 Å². The van der Waals surface area contributed by atoms with Gasteiger partial charge in [-0.3, -0.25) is 0 Å². The van der Waals surface area contributed by atoms with E-state index in [0.29, 0.717) is 11.8 Å². The van der Waals surface area contributed by atoms with Crippen LogP contribution >= 0.6 is 15.9 Å². The Labute approximate surface area is 149 Å². The first kappa shape index (κ1) is 16.6. The zero-order chi connectivity index (χ0) is 17.3. The molecule has 0 amide bonds. The van der Waals surface area contributed by atoms with Gasteiger partial charge in [-0.05, 0) is 31.5 Å². The number of nitrogens with one attached hydrogen (secondary N) is 1. The molecule has 0 saturated heterocycles. The fraction of sp³-hybridized carbons (Fsp3) is 0.294. The van der Waals surface area contributed by atoms with Crippen molar-refractivity contribution in [1.29, 1.82) is 0 Å². The van der Waals surface area contributed by atoms with E-state index in [9.17, 15) is 0 Å². The lowest BCUT2D eigenvalue weighted by Crippen LogP contribution is -2.14. The van der Waals surface area contributed by atoms with E-state index in [-0.39, 0.29) is 6.04 Å². The Hall–Kier alpha value is -2.28. The molecule has 1 aromatic carbocycles. The predicted molar refractivity (Wildman–Crippen MR) is 100 cm³/mol. The van der Waals surface area contributed by atoms with Crippen LogP contribution in [0.25, 0.3) is 11.0 Å². The van der Waals surface area contributed by atoms with Gasteiger partial charge in [-0.15, -0.1) is 0 Å². The number of benzene rings is 1. The topological polar surface area (TPSA) is 66.8 Å². The molecule has 0 saturated carbocycles. The van der Waals surface area contributed by atoms with Crippen LogP contribution in [0.5, 0.6) is 0 Å². The van der Waals surface area contributed by atoms with E-state index in [0.717, 1.165) is 26.9 Å². The maximum absolute atomic E-state index is 4.60. The summed E-state index contributed by atoms with van der Waals surface area (Å²) in [7, 11) is 3.82. The quantitative estimate of drug-likeness (QED) is 0.736. The normalized spacial score (nSPS) is 12.2. The second-order valence-electron chi connectivity index (χ2n) is 5.84. The first-order chi connectivity index (χ1) is 11.4. The lowest BCUT2D eigenvalue weighted by atomic mass is 10.1. The summed E-state index contributed by atoms with van der Waals surface area (Å²) in [5.74, 6) is 2.04. The lowest BCUT2D eigenvalue weighted by Gasteiger charge is -2.17. The van der Waals surface area contributed by atoms with E-state index in [1.165, 1.54) is 0 Å². The molecule has 1 unspecified atom stereocenters. The predicted octanol–water partition coefficient (Wildman–Crippen LogP) is 3.73. The van der Waals surface area contributed by atoms with E-state index in [2.05, 4.69) is 60.2 Å². The molecule has 0 spiro atoms. The summed E-state index contributed by atoms with van der Waals surface area (Å²) in [5.41, 5.74) is 2.62. The average Bonchev–Trinajstić information content (AvgIpc) is 2.54. The van der Waals surface area contributed by atoms with Crippen molar-refractivity contribution in [3.63, 3.8) is 0 Å². The Balaban J connectivity index is 2.02. The second kappa shape index (κ2) is 6.68. The van der Waals surface area contributed by atoms with Gasteiger partial charge in [0.05, 0.1) is 12.2 Å². The molecule has 6 nitrogen and oxygen atoms in total. The van der Waals surface area contributed by atoms with Crippen LogP contribution in [0.15, 0.2) is 34.9 Å². The van der Waals surface area contributed by atoms with Gasteiger partial charge in [-0.25, -0.2) is 19.9 Å². The van der Waals surface area contributed by atoms with Crippen LogP contribution in [0.2, 0.25) is 0 Å². The maximum Gasteiger partial charge on any atom is 0.225 e. The number of aromatic nitrogens is 4. The Morgan fingerprint density at radius 1 is 1.17 bits per heavy atom. The Bertz CT molecular complexity index is 880. The van der Waals surface area contributed by atoms with Crippen molar-refractivity contribution in [3.05, 3.63) is 46.3 Å². The highest BCUT2D eigenvalue weighted by atomic mass is 79.9. The first-order valence-corrected chi connectivity index (χ1v) is 8.44. The number of hydrogen-bond acceptors (Lipinski definition) is 6. The van der Waals surface area contributed by atoms with Crippen molar-refractivity contribution >= 4 is 38.7 Å². The van der Waals surface area contributed by atoms with Gasteiger partial charge in [0.15, 0.2) is 5.82 Å². The minimum atomic E-state index is 0.0813. The number of nitrogens with zero attached hydrogens (tertiary/aromatic N) is 5. The van der Waals surface area contributed by atoms with E-state index < -0.39 is 0 Å². The largest absolute Gasteiger partial charge is 0.362 e. The summed E-state index contributed by atoms with van der Waals surface area (Å²) >= 11 is 3.51. The van der Waals surface area contributed by atoms with Crippen molar-refractivity contribution in [2.45, 2.75) is 19.9 Å². The van der Waals surface area contributed by atoms with Gasteiger partial charge in [0.2, 0.25) is 5.95 Å². The van der Waals surface area contributed by atoms with E-state index in [1.54, 1.807) is 6.20 Å².